The molecule has 3 heterocycles. The van der Waals surface area contributed by atoms with Gasteiger partial charge in [-0.2, -0.15) is 13.2 Å². The molecule has 6 rings (SSSR count). The zero-order valence-electron chi connectivity index (χ0n) is 30.0. The van der Waals surface area contributed by atoms with Crippen LogP contribution in [0.25, 0.3) is 11.3 Å². The number of benzene rings is 3. The van der Waals surface area contributed by atoms with Crippen LogP contribution in [-0.2, 0) is 17.5 Å². The smallest absolute Gasteiger partial charge is 0.416 e. The van der Waals surface area contributed by atoms with Crippen LogP contribution in [0.15, 0.2) is 79.0 Å². The lowest BCUT2D eigenvalue weighted by Gasteiger charge is -2.29. The highest BCUT2D eigenvalue weighted by molar-refractivity contribution is 6.11. The Morgan fingerprint density at radius 3 is 2.31 bits per heavy atom. The highest BCUT2D eigenvalue weighted by Gasteiger charge is 2.30. The number of hydrogen-bond acceptors (Lipinski definition) is 8. The Morgan fingerprint density at radius 1 is 0.833 bits per heavy atom. The molecular formula is C40H43F3N6O5. The summed E-state index contributed by atoms with van der Waals surface area (Å²) < 4.78 is 50.7. The first-order valence-corrected chi connectivity index (χ1v) is 18.0. The molecule has 2 saturated heterocycles. The van der Waals surface area contributed by atoms with Gasteiger partial charge in [0.25, 0.3) is 17.7 Å². The van der Waals surface area contributed by atoms with Gasteiger partial charge in [-0.3, -0.25) is 24.3 Å². The Labute approximate surface area is 311 Å². The number of aromatic nitrogens is 1. The summed E-state index contributed by atoms with van der Waals surface area (Å²) in [5, 5.41) is 8.59. The van der Waals surface area contributed by atoms with E-state index in [1.54, 1.807) is 30.3 Å². The number of carbonyl (C=O) groups is 3. The van der Waals surface area contributed by atoms with E-state index in [1.165, 1.54) is 31.5 Å². The van der Waals surface area contributed by atoms with Crippen molar-refractivity contribution in [1.29, 1.82) is 0 Å². The SMILES string of the molecule is COc1c(C(=O)NCCN2CCOCC2)cccc1C(=O)Nc1ccc(N2CCCCC2)cc1-c1cc(C(=O)NCc2cccc(C(F)(F)F)c2)ccn1. The van der Waals surface area contributed by atoms with Crippen LogP contribution in [0.5, 0.6) is 5.75 Å². The van der Waals surface area contributed by atoms with Gasteiger partial charge in [0.05, 0.1) is 48.4 Å². The molecule has 3 N–H and O–H groups in total. The lowest BCUT2D eigenvalue weighted by Crippen LogP contribution is -2.41. The third kappa shape index (κ3) is 9.54. The number of nitrogens with one attached hydrogen (secondary N) is 3. The number of carbonyl (C=O) groups excluding carboxylic acids is 3. The molecule has 3 aromatic carbocycles. The van der Waals surface area contributed by atoms with Crippen molar-refractivity contribution in [2.45, 2.75) is 32.0 Å². The summed E-state index contributed by atoms with van der Waals surface area (Å²) in [4.78, 5) is 49.4. The van der Waals surface area contributed by atoms with E-state index in [2.05, 4.69) is 30.7 Å². The van der Waals surface area contributed by atoms with Gasteiger partial charge in [0, 0.05) is 68.8 Å². The average Bonchev–Trinajstić information content (AvgIpc) is 3.20. The highest BCUT2D eigenvalue weighted by Crippen LogP contribution is 2.34. The lowest BCUT2D eigenvalue weighted by atomic mass is 10.0. The number of rotatable bonds is 12. The molecule has 0 bridgehead atoms. The van der Waals surface area contributed by atoms with Crippen molar-refractivity contribution in [3.8, 4) is 17.0 Å². The monoisotopic (exact) mass is 744 g/mol. The summed E-state index contributed by atoms with van der Waals surface area (Å²) in [6.45, 7) is 5.62. The van der Waals surface area contributed by atoms with Gasteiger partial charge in [-0.1, -0.05) is 18.2 Å². The number of para-hydroxylation sites is 1. The Hall–Kier alpha value is -5.47. The van der Waals surface area contributed by atoms with Gasteiger partial charge in [0.1, 0.15) is 5.75 Å². The molecule has 0 atom stereocenters. The molecule has 4 aromatic rings. The zero-order valence-corrected chi connectivity index (χ0v) is 30.0. The largest absolute Gasteiger partial charge is 0.495 e. The molecule has 2 aliphatic rings. The topological polar surface area (TPSA) is 125 Å². The van der Waals surface area contributed by atoms with E-state index in [1.807, 2.05) is 12.1 Å². The summed E-state index contributed by atoms with van der Waals surface area (Å²) in [5.41, 5.74) is 2.41. The number of ether oxygens (including phenoxy) is 2. The summed E-state index contributed by atoms with van der Waals surface area (Å²) >= 11 is 0. The summed E-state index contributed by atoms with van der Waals surface area (Å²) in [6.07, 6.45) is 0.206. The van der Waals surface area contributed by atoms with Crippen LogP contribution in [0.1, 0.15) is 61.5 Å². The van der Waals surface area contributed by atoms with Gasteiger partial charge in [0.15, 0.2) is 0 Å². The number of alkyl halides is 3. The van der Waals surface area contributed by atoms with Crippen LogP contribution in [-0.4, -0.2) is 87.2 Å². The molecule has 2 fully saturated rings. The van der Waals surface area contributed by atoms with Crippen LogP contribution in [0, 0.1) is 0 Å². The van der Waals surface area contributed by atoms with E-state index in [0.29, 0.717) is 48.8 Å². The number of nitrogens with zero attached hydrogens (tertiary/aromatic N) is 3. The second-order valence-corrected chi connectivity index (χ2v) is 13.1. The van der Waals surface area contributed by atoms with Crippen molar-refractivity contribution < 1.29 is 37.0 Å². The molecule has 2 aliphatic heterocycles. The molecule has 11 nitrogen and oxygen atoms in total. The maximum atomic E-state index is 13.9. The first kappa shape index (κ1) is 38.3. The first-order chi connectivity index (χ1) is 26.1. The molecule has 0 spiro atoms. The van der Waals surface area contributed by atoms with Crippen LogP contribution in [0.3, 0.4) is 0 Å². The normalized spacial score (nSPS) is 15.0. The van der Waals surface area contributed by atoms with Crippen molar-refractivity contribution in [2.75, 3.05) is 69.8 Å². The number of amides is 3. The molecule has 54 heavy (non-hydrogen) atoms. The van der Waals surface area contributed by atoms with Crippen molar-refractivity contribution >= 4 is 29.1 Å². The summed E-state index contributed by atoms with van der Waals surface area (Å²) in [6, 6.07) is 18.3. The molecule has 14 heteroatoms. The fourth-order valence-electron chi connectivity index (χ4n) is 6.61. The van der Waals surface area contributed by atoms with Gasteiger partial charge in [-0.05, 0) is 79.4 Å². The Bertz CT molecular complexity index is 1960. The third-order valence-electron chi connectivity index (χ3n) is 9.50. The quantitative estimate of drug-likeness (QED) is 0.161. The predicted octanol–water partition coefficient (Wildman–Crippen LogP) is 6.01. The number of piperidine rings is 1. The second kappa shape index (κ2) is 17.6. The number of hydrogen-bond donors (Lipinski definition) is 3. The summed E-state index contributed by atoms with van der Waals surface area (Å²) in [7, 11) is 1.41. The molecule has 0 saturated carbocycles. The average molecular weight is 745 g/mol. The standard InChI is InChI=1S/C40H43F3N6O5/c1-53-36-31(38(51)45-15-18-48-19-21-54-22-20-48)9-6-10-32(36)39(52)47-34-12-11-30(49-16-3-2-4-17-49)25-33(34)35-24-28(13-14-44-35)37(50)46-26-27-7-5-8-29(23-27)40(41,42)43/h5-14,23-25H,2-4,15-22,26H2,1H3,(H,45,51)(H,46,50)(H,47,52). The van der Waals surface area contributed by atoms with Crippen LogP contribution in [0.2, 0.25) is 0 Å². The number of methoxy groups -OCH3 is 1. The minimum Gasteiger partial charge on any atom is -0.495 e. The van der Waals surface area contributed by atoms with E-state index in [9.17, 15) is 27.6 Å². The molecule has 1 aromatic heterocycles. The van der Waals surface area contributed by atoms with Gasteiger partial charge >= 0.3 is 6.18 Å². The lowest BCUT2D eigenvalue weighted by molar-refractivity contribution is -0.137. The van der Waals surface area contributed by atoms with Crippen molar-refractivity contribution in [3.05, 3.63) is 107 Å². The molecule has 0 radical (unpaired) electrons. The Balaban J connectivity index is 1.23. The minimum absolute atomic E-state index is 0.112. The molecule has 0 aliphatic carbocycles. The third-order valence-corrected chi connectivity index (χ3v) is 9.50. The van der Waals surface area contributed by atoms with Gasteiger partial charge < -0.3 is 30.3 Å². The van der Waals surface area contributed by atoms with E-state index in [-0.39, 0.29) is 34.9 Å². The predicted molar refractivity (Wildman–Crippen MR) is 199 cm³/mol. The van der Waals surface area contributed by atoms with E-state index < -0.39 is 23.6 Å². The number of pyridine rings is 1. The molecule has 0 unspecified atom stereocenters. The van der Waals surface area contributed by atoms with E-state index in [4.69, 9.17) is 9.47 Å². The van der Waals surface area contributed by atoms with Gasteiger partial charge in [0.2, 0.25) is 0 Å². The van der Waals surface area contributed by atoms with Crippen LogP contribution in [0.4, 0.5) is 24.5 Å². The second-order valence-electron chi connectivity index (χ2n) is 13.1. The van der Waals surface area contributed by atoms with Crippen LogP contribution >= 0.6 is 0 Å². The maximum Gasteiger partial charge on any atom is 0.416 e. The highest BCUT2D eigenvalue weighted by atomic mass is 19.4. The van der Waals surface area contributed by atoms with E-state index in [0.717, 1.165) is 63.3 Å². The van der Waals surface area contributed by atoms with Gasteiger partial charge in [-0.25, -0.2) is 0 Å². The zero-order chi connectivity index (χ0) is 38.1. The number of halogens is 3. The molecule has 3 amide bonds. The summed E-state index contributed by atoms with van der Waals surface area (Å²) in [5.74, 6) is -1.26. The van der Waals surface area contributed by atoms with Crippen molar-refractivity contribution in [1.82, 2.24) is 20.5 Å². The fourth-order valence-corrected chi connectivity index (χ4v) is 6.61. The van der Waals surface area contributed by atoms with Gasteiger partial charge in [-0.15, -0.1) is 0 Å². The minimum atomic E-state index is -4.50. The number of morpholine rings is 1. The maximum absolute atomic E-state index is 13.9. The molecular weight excluding hydrogens is 701 g/mol. The van der Waals surface area contributed by atoms with Crippen molar-refractivity contribution in [2.24, 2.45) is 0 Å². The fraction of sp³-hybridized carbons (Fsp3) is 0.350. The van der Waals surface area contributed by atoms with Crippen molar-refractivity contribution in [3.63, 3.8) is 0 Å². The Kier molecular flexibility index (Phi) is 12.4. The number of anilines is 2. The first-order valence-electron chi connectivity index (χ1n) is 18.0. The van der Waals surface area contributed by atoms with Crippen LogP contribution < -0.4 is 25.6 Å². The molecule has 284 valence electrons. The van der Waals surface area contributed by atoms with E-state index >= 15 is 0 Å². The Morgan fingerprint density at radius 2 is 1.57 bits per heavy atom.